The Kier molecular flexibility index (Phi) is 3.11. The zero-order chi connectivity index (χ0) is 12.7. The molecule has 4 unspecified atom stereocenters. The second-order valence-electron chi connectivity index (χ2n) is 5.42. The first kappa shape index (κ1) is 12.1. The van der Waals surface area contributed by atoms with E-state index in [-0.39, 0.29) is 12.1 Å². The smallest absolute Gasteiger partial charge is 0.321 e. The van der Waals surface area contributed by atoms with Gasteiger partial charge >= 0.3 is 5.97 Å². The van der Waals surface area contributed by atoms with Crippen LogP contribution in [0.25, 0.3) is 0 Å². The van der Waals surface area contributed by atoms with Crippen molar-refractivity contribution in [2.45, 2.75) is 38.3 Å². The Morgan fingerprint density at radius 3 is 3.11 bits per heavy atom. The van der Waals surface area contributed by atoms with Gasteiger partial charge < -0.3 is 5.11 Å². The third-order valence-corrected chi connectivity index (χ3v) is 5.16. The lowest BCUT2D eigenvalue weighted by Crippen LogP contribution is -2.41. The van der Waals surface area contributed by atoms with Gasteiger partial charge in [0.25, 0.3) is 0 Å². The summed E-state index contributed by atoms with van der Waals surface area (Å²) in [5, 5.41) is 11.5. The molecule has 2 fully saturated rings. The third-order valence-electron chi connectivity index (χ3n) is 4.56. The Balaban J connectivity index is 1.85. The number of carboxylic acids is 1. The summed E-state index contributed by atoms with van der Waals surface area (Å²) in [6, 6.07) is -0.197. The summed E-state index contributed by atoms with van der Waals surface area (Å²) in [6.07, 6.45) is 3.45. The number of aromatic nitrogens is 1. The molecule has 18 heavy (non-hydrogen) atoms. The molecular formula is C13H18N2O2S. The lowest BCUT2D eigenvalue weighted by Gasteiger charge is -2.29. The Hall–Kier alpha value is -0.940. The Bertz CT molecular complexity index is 434. The van der Waals surface area contributed by atoms with Gasteiger partial charge in [-0.2, -0.15) is 0 Å². The average Bonchev–Trinajstić information content (AvgIpc) is 3.03. The highest BCUT2D eigenvalue weighted by Gasteiger charge is 2.49. The molecule has 3 rings (SSSR count). The second-order valence-corrected chi connectivity index (χ2v) is 6.14. The van der Waals surface area contributed by atoms with E-state index in [1.807, 2.05) is 10.9 Å². The van der Waals surface area contributed by atoms with Gasteiger partial charge in [0, 0.05) is 11.9 Å². The van der Waals surface area contributed by atoms with Crippen molar-refractivity contribution >= 4 is 17.3 Å². The summed E-state index contributed by atoms with van der Waals surface area (Å²) in [4.78, 5) is 18.0. The Labute approximate surface area is 111 Å². The van der Waals surface area contributed by atoms with Crippen molar-refractivity contribution in [3.63, 3.8) is 0 Å². The fourth-order valence-electron chi connectivity index (χ4n) is 3.66. The molecular weight excluding hydrogens is 248 g/mol. The van der Waals surface area contributed by atoms with E-state index in [4.69, 9.17) is 0 Å². The second kappa shape index (κ2) is 4.63. The van der Waals surface area contributed by atoms with Crippen molar-refractivity contribution in [1.29, 1.82) is 0 Å². The van der Waals surface area contributed by atoms with Crippen molar-refractivity contribution in [3.8, 4) is 0 Å². The van der Waals surface area contributed by atoms with Gasteiger partial charge in [0.1, 0.15) is 6.04 Å². The summed E-state index contributed by atoms with van der Waals surface area (Å²) in [5.41, 5.74) is 2.82. The first-order valence-corrected chi connectivity index (χ1v) is 7.49. The molecule has 1 aliphatic carbocycles. The van der Waals surface area contributed by atoms with Crippen LogP contribution in [0.2, 0.25) is 0 Å². The zero-order valence-electron chi connectivity index (χ0n) is 10.5. The molecule has 0 radical (unpaired) electrons. The molecule has 0 amide bonds. The van der Waals surface area contributed by atoms with Gasteiger partial charge in [-0.15, -0.1) is 11.3 Å². The number of thiazole rings is 1. The van der Waals surface area contributed by atoms with Gasteiger partial charge in [-0.25, -0.2) is 4.98 Å². The molecule has 2 heterocycles. The number of hydrogen-bond donors (Lipinski definition) is 1. The van der Waals surface area contributed by atoms with Gasteiger partial charge in [-0.1, -0.05) is 6.42 Å². The molecule has 5 heteroatoms. The van der Waals surface area contributed by atoms with E-state index in [1.54, 1.807) is 11.3 Å². The summed E-state index contributed by atoms with van der Waals surface area (Å²) >= 11 is 1.57. The maximum absolute atomic E-state index is 11.6. The van der Waals surface area contributed by atoms with E-state index in [1.165, 1.54) is 12.8 Å². The van der Waals surface area contributed by atoms with E-state index >= 15 is 0 Å². The predicted molar refractivity (Wildman–Crippen MR) is 69.5 cm³/mol. The summed E-state index contributed by atoms with van der Waals surface area (Å²) in [6.45, 7) is 2.99. The molecule has 1 aliphatic heterocycles. The van der Waals surface area contributed by atoms with Gasteiger partial charge in [-0.3, -0.25) is 9.69 Å². The van der Waals surface area contributed by atoms with Crippen LogP contribution in [0.15, 0.2) is 10.9 Å². The van der Waals surface area contributed by atoms with Crippen LogP contribution in [0, 0.1) is 11.8 Å². The number of carboxylic acid groups (broad SMARTS) is 1. The summed E-state index contributed by atoms with van der Waals surface area (Å²) < 4.78 is 0. The van der Waals surface area contributed by atoms with E-state index in [9.17, 15) is 9.90 Å². The van der Waals surface area contributed by atoms with Crippen LogP contribution in [0.1, 0.15) is 37.9 Å². The number of hydrogen-bond acceptors (Lipinski definition) is 4. The third kappa shape index (κ3) is 1.86. The number of carbonyl (C=O) groups is 1. The SMILES string of the molecule is CC(c1cscn1)N1CC2CCCC2C1C(=O)O. The molecule has 98 valence electrons. The van der Waals surface area contributed by atoms with E-state index in [2.05, 4.69) is 16.8 Å². The highest BCUT2D eigenvalue weighted by atomic mass is 32.1. The van der Waals surface area contributed by atoms with Crippen LogP contribution in [0.5, 0.6) is 0 Å². The Morgan fingerprint density at radius 1 is 1.61 bits per heavy atom. The Morgan fingerprint density at radius 2 is 2.44 bits per heavy atom. The molecule has 0 bridgehead atoms. The minimum Gasteiger partial charge on any atom is -0.480 e. The average molecular weight is 266 g/mol. The van der Waals surface area contributed by atoms with Crippen LogP contribution >= 0.6 is 11.3 Å². The number of fused-ring (bicyclic) bond motifs is 1. The maximum Gasteiger partial charge on any atom is 0.321 e. The molecule has 0 spiro atoms. The maximum atomic E-state index is 11.6. The quantitative estimate of drug-likeness (QED) is 0.912. The summed E-state index contributed by atoms with van der Waals surface area (Å²) in [5.74, 6) is 0.266. The van der Waals surface area contributed by atoms with Gasteiger partial charge in [0.15, 0.2) is 0 Å². The molecule has 0 aromatic carbocycles. The fraction of sp³-hybridized carbons (Fsp3) is 0.692. The highest BCUT2D eigenvalue weighted by molar-refractivity contribution is 7.07. The van der Waals surface area contributed by atoms with E-state index in [0.29, 0.717) is 11.8 Å². The number of nitrogens with zero attached hydrogens (tertiary/aromatic N) is 2. The monoisotopic (exact) mass is 266 g/mol. The zero-order valence-corrected chi connectivity index (χ0v) is 11.3. The first-order chi connectivity index (χ1) is 8.68. The van der Waals surface area contributed by atoms with Crippen molar-refractivity contribution < 1.29 is 9.90 Å². The molecule has 1 saturated heterocycles. The molecule has 1 saturated carbocycles. The fourth-order valence-corrected chi connectivity index (χ4v) is 4.30. The normalized spacial score (nSPS) is 33.5. The van der Waals surface area contributed by atoms with Crippen LogP contribution in [-0.4, -0.2) is 33.5 Å². The van der Waals surface area contributed by atoms with Crippen LogP contribution < -0.4 is 0 Å². The number of likely N-dealkylation sites (tertiary alicyclic amines) is 1. The molecule has 1 N–H and O–H groups in total. The standard InChI is InChI=1S/C13H18N2O2S/c1-8(11-6-18-7-14-11)15-5-9-3-2-4-10(9)12(15)13(16)17/h6-10,12H,2-5H2,1H3,(H,16,17). The predicted octanol–water partition coefficient (Wildman–Crippen LogP) is 2.39. The molecule has 1 aromatic heterocycles. The molecule has 4 atom stereocenters. The lowest BCUT2D eigenvalue weighted by atomic mass is 9.94. The highest BCUT2D eigenvalue weighted by Crippen LogP contribution is 2.45. The van der Waals surface area contributed by atoms with E-state index in [0.717, 1.165) is 18.7 Å². The molecule has 4 nitrogen and oxygen atoms in total. The van der Waals surface area contributed by atoms with Crippen LogP contribution in [-0.2, 0) is 4.79 Å². The number of aliphatic carboxylic acids is 1. The largest absolute Gasteiger partial charge is 0.480 e. The van der Waals surface area contributed by atoms with Gasteiger partial charge in [-0.05, 0) is 31.6 Å². The van der Waals surface area contributed by atoms with Gasteiger partial charge in [0.05, 0.1) is 17.2 Å². The van der Waals surface area contributed by atoms with Crippen molar-refractivity contribution in [2.24, 2.45) is 11.8 Å². The molecule has 2 aliphatic rings. The van der Waals surface area contributed by atoms with Crippen LogP contribution in [0.4, 0.5) is 0 Å². The van der Waals surface area contributed by atoms with Crippen molar-refractivity contribution in [2.75, 3.05) is 6.54 Å². The van der Waals surface area contributed by atoms with Crippen LogP contribution in [0.3, 0.4) is 0 Å². The molecule has 1 aromatic rings. The first-order valence-electron chi connectivity index (χ1n) is 6.55. The van der Waals surface area contributed by atoms with Gasteiger partial charge in [0.2, 0.25) is 0 Å². The minimum atomic E-state index is -0.661. The topological polar surface area (TPSA) is 53.4 Å². The minimum absolute atomic E-state index is 0.114. The van der Waals surface area contributed by atoms with Crippen molar-refractivity contribution in [1.82, 2.24) is 9.88 Å². The van der Waals surface area contributed by atoms with Crippen molar-refractivity contribution in [3.05, 3.63) is 16.6 Å². The van der Waals surface area contributed by atoms with E-state index < -0.39 is 5.97 Å². The number of rotatable bonds is 3. The lowest BCUT2D eigenvalue weighted by molar-refractivity contribution is -0.144. The summed E-state index contributed by atoms with van der Waals surface area (Å²) in [7, 11) is 0.